The van der Waals surface area contributed by atoms with Crippen molar-refractivity contribution < 1.29 is 9.90 Å². The fraction of sp³-hybridized carbons (Fsp3) is 0.440. The van der Waals surface area contributed by atoms with E-state index in [0.29, 0.717) is 44.7 Å². The molecule has 9 heteroatoms. The first-order chi connectivity index (χ1) is 16.3. The van der Waals surface area contributed by atoms with Crippen LogP contribution in [-0.4, -0.2) is 53.9 Å². The third kappa shape index (κ3) is 5.72. The second-order valence-electron chi connectivity index (χ2n) is 9.16. The summed E-state index contributed by atoms with van der Waals surface area (Å²) in [5.41, 5.74) is 0.845. The molecular weight excluding hydrogens is 432 g/mol. The zero-order valence-corrected chi connectivity index (χ0v) is 19.7. The Hall–Kier alpha value is -3.46. The molecule has 0 radical (unpaired) electrons. The number of likely N-dealkylation sites (tertiary alicyclic amines) is 1. The quantitative estimate of drug-likeness (QED) is 0.529. The summed E-state index contributed by atoms with van der Waals surface area (Å²) >= 11 is 0. The van der Waals surface area contributed by atoms with Gasteiger partial charge in [0.25, 0.3) is 5.56 Å². The number of anilines is 1. The van der Waals surface area contributed by atoms with Crippen molar-refractivity contribution in [2.45, 2.75) is 50.8 Å². The summed E-state index contributed by atoms with van der Waals surface area (Å²) in [4.78, 5) is 31.5. The second kappa shape index (κ2) is 10.2. The third-order valence-electron chi connectivity index (χ3n) is 6.61. The van der Waals surface area contributed by atoms with Gasteiger partial charge in [-0.3, -0.25) is 18.8 Å². The van der Waals surface area contributed by atoms with Gasteiger partial charge in [0.1, 0.15) is 5.82 Å². The molecule has 4 rings (SSSR count). The number of carbonyl (C=O) groups excluding carboxylic acids is 1. The molecule has 1 fully saturated rings. The number of hydrogen-bond acceptors (Lipinski definition) is 6. The average Bonchev–Trinajstić information content (AvgIpc) is 3.25. The predicted octanol–water partition coefficient (Wildman–Crippen LogP) is 2.14. The Morgan fingerprint density at radius 2 is 1.94 bits per heavy atom. The largest absolute Gasteiger partial charge is 0.388 e. The van der Waals surface area contributed by atoms with Gasteiger partial charge in [0.2, 0.25) is 5.91 Å². The zero-order valence-electron chi connectivity index (χ0n) is 19.7. The Morgan fingerprint density at radius 3 is 2.59 bits per heavy atom. The van der Waals surface area contributed by atoms with Crippen molar-refractivity contribution in [1.82, 2.24) is 24.2 Å². The predicted molar refractivity (Wildman–Crippen MR) is 129 cm³/mol. The molecule has 9 nitrogen and oxygen atoms in total. The van der Waals surface area contributed by atoms with Crippen LogP contribution in [-0.2, 0) is 24.9 Å². The molecule has 1 atom stereocenters. The number of carbonyl (C=O) groups is 1. The van der Waals surface area contributed by atoms with E-state index in [9.17, 15) is 14.7 Å². The summed E-state index contributed by atoms with van der Waals surface area (Å²) in [6, 6.07) is 13.3. The highest BCUT2D eigenvalue weighted by Crippen LogP contribution is 2.26. The third-order valence-corrected chi connectivity index (χ3v) is 6.61. The molecule has 1 aliphatic rings. The molecule has 1 aliphatic heterocycles. The number of rotatable bonds is 8. The van der Waals surface area contributed by atoms with Crippen LogP contribution in [0.5, 0.6) is 0 Å². The highest BCUT2D eigenvalue weighted by Gasteiger charge is 2.34. The highest BCUT2D eigenvalue weighted by atomic mass is 16.3. The Morgan fingerprint density at radius 1 is 1.21 bits per heavy atom. The first kappa shape index (κ1) is 23.7. The van der Waals surface area contributed by atoms with E-state index in [1.165, 1.54) is 17.0 Å². The SMILES string of the molecule is C[C@H](CC(=O)N1CCC(O)(Cn2cnc(NCc3ccnn3C)cc2=O)CC1)c1ccccc1. The van der Waals surface area contributed by atoms with Crippen molar-refractivity contribution in [3.8, 4) is 0 Å². The number of nitrogens with zero attached hydrogens (tertiary/aromatic N) is 5. The first-order valence-electron chi connectivity index (χ1n) is 11.7. The minimum Gasteiger partial charge on any atom is -0.388 e. The summed E-state index contributed by atoms with van der Waals surface area (Å²) in [7, 11) is 1.85. The fourth-order valence-corrected chi connectivity index (χ4v) is 4.34. The number of benzene rings is 1. The van der Waals surface area contributed by atoms with Gasteiger partial charge < -0.3 is 15.3 Å². The van der Waals surface area contributed by atoms with Crippen molar-refractivity contribution >= 4 is 11.7 Å². The van der Waals surface area contributed by atoms with Crippen molar-refractivity contribution in [3.63, 3.8) is 0 Å². The maximum atomic E-state index is 12.8. The normalized spacial score (nSPS) is 16.3. The van der Waals surface area contributed by atoms with Gasteiger partial charge in [-0.05, 0) is 30.4 Å². The Kier molecular flexibility index (Phi) is 7.12. The monoisotopic (exact) mass is 464 g/mol. The Labute approximate surface area is 199 Å². The minimum atomic E-state index is -1.04. The molecule has 0 saturated carbocycles. The van der Waals surface area contributed by atoms with Crippen molar-refractivity contribution in [2.75, 3.05) is 18.4 Å². The van der Waals surface area contributed by atoms with E-state index < -0.39 is 5.60 Å². The van der Waals surface area contributed by atoms with E-state index in [2.05, 4.69) is 22.3 Å². The maximum Gasteiger partial charge on any atom is 0.255 e. The van der Waals surface area contributed by atoms with Crippen LogP contribution in [0.1, 0.15) is 43.4 Å². The van der Waals surface area contributed by atoms with Gasteiger partial charge in [0, 0.05) is 38.8 Å². The first-order valence-corrected chi connectivity index (χ1v) is 11.7. The maximum absolute atomic E-state index is 12.8. The van der Waals surface area contributed by atoms with Crippen LogP contribution in [0.25, 0.3) is 0 Å². The van der Waals surface area contributed by atoms with Crippen LogP contribution in [0.4, 0.5) is 5.82 Å². The number of amides is 1. The molecule has 0 spiro atoms. The number of aliphatic hydroxyl groups is 1. The van der Waals surface area contributed by atoms with Crippen molar-refractivity contribution in [2.24, 2.45) is 7.05 Å². The van der Waals surface area contributed by atoms with E-state index in [1.807, 2.05) is 48.3 Å². The van der Waals surface area contributed by atoms with Gasteiger partial charge in [-0.25, -0.2) is 4.98 Å². The van der Waals surface area contributed by atoms with Crippen molar-refractivity contribution in [1.29, 1.82) is 0 Å². The molecule has 3 heterocycles. The number of nitrogens with one attached hydrogen (secondary N) is 1. The summed E-state index contributed by atoms with van der Waals surface area (Å²) in [5.74, 6) is 0.715. The lowest BCUT2D eigenvalue weighted by Gasteiger charge is -2.38. The van der Waals surface area contributed by atoms with Crippen LogP contribution in [0, 0.1) is 0 Å². The highest BCUT2D eigenvalue weighted by molar-refractivity contribution is 5.77. The van der Waals surface area contributed by atoms with Gasteiger partial charge in [-0.2, -0.15) is 5.10 Å². The lowest BCUT2D eigenvalue weighted by molar-refractivity contribution is -0.136. The van der Waals surface area contributed by atoms with Crippen LogP contribution in [0.3, 0.4) is 0 Å². The molecule has 1 aromatic carbocycles. The molecular formula is C25H32N6O3. The smallest absolute Gasteiger partial charge is 0.255 e. The second-order valence-corrected chi connectivity index (χ2v) is 9.16. The number of aromatic nitrogens is 4. The zero-order chi connectivity index (χ0) is 24.1. The Balaban J connectivity index is 1.29. The lowest BCUT2D eigenvalue weighted by atomic mass is 9.90. The molecule has 3 aromatic rings. The van der Waals surface area contributed by atoms with Gasteiger partial charge in [-0.1, -0.05) is 37.3 Å². The van der Waals surface area contributed by atoms with E-state index in [1.54, 1.807) is 10.9 Å². The Bertz CT molecular complexity index is 1160. The standard InChI is InChI=1S/C25H32N6O3/c1-19(20-6-4-3-5-7-20)14-23(32)30-12-9-25(34,10-13-30)17-31-18-27-22(15-24(31)33)26-16-21-8-11-28-29(21)2/h3-8,11,15,18-19,26,34H,9-10,12-14,16-17H2,1-2H3/t19-/m1/s1. The van der Waals surface area contributed by atoms with Gasteiger partial charge >= 0.3 is 0 Å². The van der Waals surface area contributed by atoms with Gasteiger partial charge in [0.15, 0.2) is 0 Å². The summed E-state index contributed by atoms with van der Waals surface area (Å²) in [6.07, 6.45) is 4.46. The number of aryl methyl sites for hydroxylation is 1. The van der Waals surface area contributed by atoms with E-state index in [4.69, 9.17) is 0 Å². The molecule has 2 aromatic heterocycles. The van der Waals surface area contributed by atoms with E-state index in [0.717, 1.165) is 11.3 Å². The van der Waals surface area contributed by atoms with Crippen LogP contribution in [0.2, 0.25) is 0 Å². The molecule has 0 unspecified atom stereocenters. The molecule has 1 saturated heterocycles. The molecule has 0 bridgehead atoms. The molecule has 2 N–H and O–H groups in total. The van der Waals surface area contributed by atoms with Gasteiger partial charge in [0.05, 0.1) is 30.7 Å². The van der Waals surface area contributed by atoms with E-state index in [-0.39, 0.29) is 23.9 Å². The van der Waals surface area contributed by atoms with E-state index >= 15 is 0 Å². The molecule has 1 amide bonds. The average molecular weight is 465 g/mol. The summed E-state index contributed by atoms with van der Waals surface area (Å²) < 4.78 is 3.19. The van der Waals surface area contributed by atoms with Crippen LogP contribution in [0.15, 0.2) is 59.8 Å². The lowest BCUT2D eigenvalue weighted by Crippen LogP contribution is -2.49. The minimum absolute atomic E-state index is 0.0982. The topological polar surface area (TPSA) is 105 Å². The molecule has 34 heavy (non-hydrogen) atoms. The van der Waals surface area contributed by atoms with Gasteiger partial charge in [-0.15, -0.1) is 0 Å². The van der Waals surface area contributed by atoms with Crippen LogP contribution < -0.4 is 10.9 Å². The number of hydrogen-bond donors (Lipinski definition) is 2. The molecule has 0 aliphatic carbocycles. The molecule has 180 valence electrons. The summed E-state index contributed by atoms with van der Waals surface area (Å²) in [6.45, 7) is 3.67. The number of piperidine rings is 1. The van der Waals surface area contributed by atoms with Crippen molar-refractivity contribution in [3.05, 3.63) is 76.6 Å². The summed E-state index contributed by atoms with van der Waals surface area (Å²) in [5, 5.41) is 18.3. The fourth-order valence-electron chi connectivity index (χ4n) is 4.34. The van der Waals surface area contributed by atoms with Crippen LogP contribution >= 0.6 is 0 Å².